The smallest absolute Gasteiger partial charge is 0.277 e. The summed E-state index contributed by atoms with van der Waals surface area (Å²) in [6.07, 6.45) is 5.46. The molecule has 1 aliphatic heterocycles. The molecule has 0 atom stereocenters. The lowest BCUT2D eigenvalue weighted by molar-refractivity contribution is 0.102. The van der Waals surface area contributed by atoms with E-state index in [0.29, 0.717) is 5.82 Å². The van der Waals surface area contributed by atoms with Crippen LogP contribution in [0.3, 0.4) is 0 Å². The Morgan fingerprint density at radius 2 is 1.95 bits per heavy atom. The van der Waals surface area contributed by atoms with Gasteiger partial charge in [-0.2, -0.15) is 5.10 Å². The second kappa shape index (κ2) is 6.38. The molecule has 0 unspecified atom stereocenters. The van der Waals surface area contributed by atoms with Crippen LogP contribution in [0.25, 0.3) is 0 Å². The van der Waals surface area contributed by atoms with Gasteiger partial charge in [0.25, 0.3) is 11.5 Å². The lowest BCUT2D eigenvalue weighted by Gasteiger charge is -2.28. The first-order chi connectivity index (χ1) is 10.7. The highest BCUT2D eigenvalue weighted by molar-refractivity contribution is 6.02. The molecule has 0 bridgehead atoms. The highest BCUT2D eigenvalue weighted by atomic mass is 16.2. The van der Waals surface area contributed by atoms with Crippen LogP contribution in [0.1, 0.15) is 29.8 Å². The molecule has 0 saturated carbocycles. The van der Waals surface area contributed by atoms with Crippen molar-refractivity contribution in [1.82, 2.24) is 15.2 Å². The molecule has 2 aromatic rings. The minimum atomic E-state index is -0.408. The number of pyridine rings is 1. The average Bonchev–Trinajstić information content (AvgIpc) is 2.57. The van der Waals surface area contributed by atoms with Crippen molar-refractivity contribution in [2.24, 2.45) is 0 Å². The molecule has 0 aliphatic carbocycles. The van der Waals surface area contributed by atoms with E-state index >= 15 is 0 Å². The summed E-state index contributed by atoms with van der Waals surface area (Å²) in [5.74, 6) is 0.0493. The number of amides is 1. The summed E-state index contributed by atoms with van der Waals surface area (Å²) in [6.45, 7) is 2.10. The summed E-state index contributed by atoms with van der Waals surface area (Å²) in [7, 11) is 0. The van der Waals surface area contributed by atoms with Gasteiger partial charge in [-0.05, 0) is 37.5 Å². The van der Waals surface area contributed by atoms with Crippen molar-refractivity contribution in [3.63, 3.8) is 0 Å². The van der Waals surface area contributed by atoms with E-state index in [0.717, 1.165) is 18.8 Å². The van der Waals surface area contributed by atoms with Gasteiger partial charge in [0.1, 0.15) is 11.5 Å². The van der Waals surface area contributed by atoms with Gasteiger partial charge in [0.15, 0.2) is 0 Å². The Hall–Kier alpha value is -2.70. The predicted octanol–water partition coefficient (Wildman–Crippen LogP) is 1.41. The number of aromatic nitrogens is 3. The second-order valence-electron chi connectivity index (χ2n) is 5.21. The quantitative estimate of drug-likeness (QED) is 0.894. The van der Waals surface area contributed by atoms with Gasteiger partial charge in [-0.25, -0.2) is 10.1 Å². The van der Waals surface area contributed by atoms with E-state index in [2.05, 4.69) is 25.4 Å². The largest absolute Gasteiger partial charge is 0.370 e. The number of aromatic amines is 1. The fraction of sp³-hybridized carbons (Fsp3) is 0.333. The fourth-order valence-corrected chi connectivity index (χ4v) is 2.45. The van der Waals surface area contributed by atoms with Crippen LogP contribution < -0.4 is 15.8 Å². The highest BCUT2D eigenvalue weighted by Gasteiger charge is 2.12. The van der Waals surface area contributed by atoms with Gasteiger partial charge in [-0.1, -0.05) is 0 Å². The van der Waals surface area contributed by atoms with E-state index in [-0.39, 0.29) is 11.3 Å². The Kier molecular flexibility index (Phi) is 4.13. The van der Waals surface area contributed by atoms with E-state index in [1.807, 2.05) is 6.07 Å². The molecule has 2 aromatic heterocycles. The SMILES string of the molecule is O=C(Nc1ccc(N2CCCCC2)cn1)c1ccc(=O)[nH]n1. The molecule has 1 fully saturated rings. The number of H-pyrrole nitrogens is 1. The third kappa shape index (κ3) is 3.30. The lowest BCUT2D eigenvalue weighted by atomic mass is 10.1. The van der Waals surface area contributed by atoms with E-state index in [4.69, 9.17) is 0 Å². The van der Waals surface area contributed by atoms with Crippen LogP contribution >= 0.6 is 0 Å². The molecule has 1 amide bonds. The van der Waals surface area contributed by atoms with Gasteiger partial charge in [-0.15, -0.1) is 0 Å². The van der Waals surface area contributed by atoms with Gasteiger partial charge >= 0.3 is 0 Å². The standard InChI is InChI=1S/C15H17N5O2/c21-14-7-5-12(18-19-14)15(22)17-13-6-4-11(10-16-13)20-8-2-1-3-9-20/h4-7,10H,1-3,8-9H2,(H,19,21)(H,16,17,22). The van der Waals surface area contributed by atoms with E-state index in [1.54, 1.807) is 12.3 Å². The third-order valence-corrected chi connectivity index (χ3v) is 3.62. The number of piperidine rings is 1. The fourth-order valence-electron chi connectivity index (χ4n) is 2.45. The molecule has 114 valence electrons. The van der Waals surface area contributed by atoms with Crippen LogP contribution in [0.15, 0.2) is 35.3 Å². The maximum Gasteiger partial charge on any atom is 0.277 e. The number of carbonyl (C=O) groups is 1. The first-order valence-electron chi connectivity index (χ1n) is 7.30. The number of rotatable bonds is 3. The number of hydrogen-bond acceptors (Lipinski definition) is 5. The van der Waals surface area contributed by atoms with Gasteiger partial charge in [0.2, 0.25) is 0 Å². The van der Waals surface area contributed by atoms with E-state index in [9.17, 15) is 9.59 Å². The molecule has 2 N–H and O–H groups in total. The zero-order chi connectivity index (χ0) is 15.4. The summed E-state index contributed by atoms with van der Waals surface area (Å²) < 4.78 is 0. The molecule has 3 heterocycles. The number of nitrogens with zero attached hydrogens (tertiary/aromatic N) is 3. The van der Waals surface area contributed by atoms with Crippen molar-refractivity contribution < 1.29 is 4.79 Å². The molecule has 0 spiro atoms. The summed E-state index contributed by atoms with van der Waals surface area (Å²) in [5, 5.41) is 8.56. The van der Waals surface area contributed by atoms with Crippen LogP contribution in [0.4, 0.5) is 11.5 Å². The first-order valence-corrected chi connectivity index (χ1v) is 7.30. The Bertz CT molecular complexity index is 684. The number of anilines is 2. The van der Waals surface area contributed by atoms with E-state index in [1.165, 1.54) is 31.4 Å². The number of carbonyl (C=O) groups excluding carboxylic acids is 1. The normalized spacial score (nSPS) is 14.6. The Morgan fingerprint density at radius 1 is 1.14 bits per heavy atom. The highest BCUT2D eigenvalue weighted by Crippen LogP contribution is 2.20. The zero-order valence-corrected chi connectivity index (χ0v) is 12.1. The molecular weight excluding hydrogens is 282 g/mol. The molecule has 7 heteroatoms. The van der Waals surface area contributed by atoms with Gasteiger partial charge in [-0.3, -0.25) is 9.59 Å². The van der Waals surface area contributed by atoms with E-state index < -0.39 is 5.91 Å². The van der Waals surface area contributed by atoms with Crippen molar-refractivity contribution in [1.29, 1.82) is 0 Å². The molecular formula is C15H17N5O2. The second-order valence-corrected chi connectivity index (χ2v) is 5.21. The Balaban J connectivity index is 1.66. The average molecular weight is 299 g/mol. The van der Waals surface area contributed by atoms with Crippen LogP contribution in [-0.2, 0) is 0 Å². The van der Waals surface area contributed by atoms with Crippen LogP contribution in [0.5, 0.6) is 0 Å². The molecule has 7 nitrogen and oxygen atoms in total. The van der Waals surface area contributed by atoms with Crippen molar-refractivity contribution in [3.8, 4) is 0 Å². The maximum atomic E-state index is 12.0. The summed E-state index contributed by atoms with van der Waals surface area (Å²) in [6, 6.07) is 6.35. The van der Waals surface area contributed by atoms with Crippen molar-refractivity contribution in [3.05, 3.63) is 46.5 Å². The molecule has 1 aliphatic rings. The number of nitrogens with one attached hydrogen (secondary N) is 2. The van der Waals surface area contributed by atoms with Crippen molar-refractivity contribution >= 4 is 17.4 Å². The Labute approximate surface area is 127 Å². The molecule has 0 aromatic carbocycles. The molecule has 0 radical (unpaired) electrons. The summed E-state index contributed by atoms with van der Waals surface area (Å²) >= 11 is 0. The minimum Gasteiger partial charge on any atom is -0.370 e. The topological polar surface area (TPSA) is 91.0 Å². The van der Waals surface area contributed by atoms with Crippen molar-refractivity contribution in [2.75, 3.05) is 23.3 Å². The van der Waals surface area contributed by atoms with Gasteiger partial charge < -0.3 is 10.2 Å². The number of hydrogen-bond donors (Lipinski definition) is 2. The lowest BCUT2D eigenvalue weighted by Crippen LogP contribution is -2.29. The molecule has 3 rings (SSSR count). The van der Waals surface area contributed by atoms with Gasteiger partial charge in [0.05, 0.1) is 11.9 Å². The predicted molar refractivity (Wildman–Crippen MR) is 83.1 cm³/mol. The van der Waals surface area contributed by atoms with Crippen LogP contribution in [0.2, 0.25) is 0 Å². The monoisotopic (exact) mass is 299 g/mol. The van der Waals surface area contributed by atoms with Gasteiger partial charge in [0, 0.05) is 19.2 Å². The first kappa shape index (κ1) is 14.2. The molecule has 22 heavy (non-hydrogen) atoms. The third-order valence-electron chi connectivity index (χ3n) is 3.62. The van der Waals surface area contributed by atoms with Crippen molar-refractivity contribution in [2.45, 2.75) is 19.3 Å². The summed E-state index contributed by atoms with van der Waals surface area (Å²) in [4.78, 5) is 29.5. The van der Waals surface area contributed by atoms with Crippen LogP contribution in [0, 0.1) is 0 Å². The maximum absolute atomic E-state index is 12.0. The zero-order valence-electron chi connectivity index (χ0n) is 12.1. The molecule has 1 saturated heterocycles. The Morgan fingerprint density at radius 3 is 2.59 bits per heavy atom. The van der Waals surface area contributed by atoms with Crippen LogP contribution in [-0.4, -0.2) is 34.2 Å². The summed E-state index contributed by atoms with van der Waals surface area (Å²) in [5.41, 5.74) is 0.863. The minimum absolute atomic E-state index is 0.140.